The molecular weight excluding hydrogens is 332 g/mol. The predicted octanol–water partition coefficient (Wildman–Crippen LogP) is 3.37. The van der Waals surface area contributed by atoms with Crippen molar-refractivity contribution in [3.63, 3.8) is 0 Å². The first-order chi connectivity index (χ1) is 8.88. The van der Waals surface area contributed by atoms with Crippen molar-refractivity contribution < 1.29 is 8.96 Å². The van der Waals surface area contributed by atoms with E-state index in [-0.39, 0.29) is 0 Å². The number of hydrogen-bond acceptors (Lipinski definition) is 4. The first-order valence-electron chi connectivity index (χ1n) is 5.45. The molecule has 0 aliphatic carbocycles. The summed E-state index contributed by atoms with van der Waals surface area (Å²) in [4.78, 5) is 7.93. The van der Waals surface area contributed by atoms with Crippen molar-refractivity contribution in [2.24, 2.45) is 0 Å². The van der Waals surface area contributed by atoms with Crippen molar-refractivity contribution in [3.05, 3.63) is 41.0 Å². The number of nitrogens with zero attached hydrogens (tertiary/aromatic N) is 2. The van der Waals surface area contributed by atoms with Gasteiger partial charge < -0.3 is 9.88 Å². The number of benzene rings is 1. The summed E-state index contributed by atoms with van der Waals surface area (Å²) in [5, 5.41) is 3.49. The number of halogens is 2. The van der Waals surface area contributed by atoms with Gasteiger partial charge in [-0.1, -0.05) is 0 Å². The molecule has 0 spiro atoms. The lowest BCUT2D eigenvalue weighted by Gasteiger charge is -2.15. The zero-order valence-corrected chi connectivity index (χ0v) is 12.9. The second-order valence-electron chi connectivity index (χ2n) is 4.36. The minimum Gasteiger partial charge on any atom is -0.339 e. The zero-order valence-electron chi connectivity index (χ0n) is 10.4. The average molecular weight is 344 g/mol. The summed E-state index contributed by atoms with van der Waals surface area (Å²) in [5.74, 6) is 0.127. The van der Waals surface area contributed by atoms with Gasteiger partial charge in [0.25, 0.3) is 0 Å². The van der Waals surface area contributed by atoms with Gasteiger partial charge in [0.1, 0.15) is 25.1 Å². The van der Waals surface area contributed by atoms with E-state index >= 15 is 0 Å². The molecule has 0 unspecified atom stereocenters. The van der Waals surface area contributed by atoms with Gasteiger partial charge in [0.05, 0.1) is 10.2 Å². The second kappa shape index (κ2) is 5.39. The fourth-order valence-corrected chi connectivity index (χ4v) is 3.05. The van der Waals surface area contributed by atoms with Crippen molar-refractivity contribution in [3.8, 4) is 0 Å². The summed E-state index contributed by atoms with van der Waals surface area (Å²) in [6, 6.07) is 4.16. The van der Waals surface area contributed by atoms with E-state index in [0.29, 0.717) is 21.3 Å². The summed E-state index contributed by atoms with van der Waals surface area (Å²) in [6.07, 6.45) is 2.99. The molecule has 1 N–H and O–H groups in total. The number of rotatable bonds is 3. The third-order valence-electron chi connectivity index (χ3n) is 2.46. The molecule has 0 radical (unpaired) electrons. The Bertz CT molecular complexity index is 659. The van der Waals surface area contributed by atoms with E-state index in [1.54, 1.807) is 25.6 Å². The SMILES string of the molecule is CP(C)(=O)c1cc(F)ccc1Nc1ncncc1Br. The normalized spacial score (nSPS) is 11.4. The summed E-state index contributed by atoms with van der Waals surface area (Å²) in [6.45, 7) is 3.20. The molecule has 4 nitrogen and oxygen atoms in total. The van der Waals surface area contributed by atoms with Crippen molar-refractivity contribution in [2.75, 3.05) is 18.6 Å². The third-order valence-corrected chi connectivity index (χ3v) is 4.57. The highest BCUT2D eigenvalue weighted by molar-refractivity contribution is 9.10. The molecule has 0 saturated carbocycles. The molecule has 7 heteroatoms. The molecule has 100 valence electrons. The molecule has 1 aromatic carbocycles. The number of aromatic nitrogens is 2. The van der Waals surface area contributed by atoms with Crippen LogP contribution in [0.25, 0.3) is 0 Å². The molecule has 19 heavy (non-hydrogen) atoms. The lowest BCUT2D eigenvalue weighted by Crippen LogP contribution is -2.11. The lowest BCUT2D eigenvalue weighted by atomic mass is 10.3. The van der Waals surface area contributed by atoms with Gasteiger partial charge in [0, 0.05) is 11.5 Å². The summed E-state index contributed by atoms with van der Waals surface area (Å²) >= 11 is 3.31. The van der Waals surface area contributed by atoms with Gasteiger partial charge in [-0.3, -0.25) is 0 Å². The van der Waals surface area contributed by atoms with Gasteiger partial charge in [-0.05, 0) is 47.5 Å². The molecule has 2 rings (SSSR count). The Morgan fingerprint density at radius 2 is 2.11 bits per heavy atom. The van der Waals surface area contributed by atoms with E-state index in [1.165, 1.54) is 18.5 Å². The maximum Gasteiger partial charge on any atom is 0.148 e. The van der Waals surface area contributed by atoms with Crippen LogP contribution in [0.3, 0.4) is 0 Å². The van der Waals surface area contributed by atoms with Crippen LogP contribution in [0.2, 0.25) is 0 Å². The van der Waals surface area contributed by atoms with E-state index < -0.39 is 13.0 Å². The monoisotopic (exact) mass is 343 g/mol. The number of nitrogens with one attached hydrogen (secondary N) is 1. The number of hydrogen-bond donors (Lipinski definition) is 1. The quantitative estimate of drug-likeness (QED) is 0.868. The highest BCUT2D eigenvalue weighted by Gasteiger charge is 2.18. The third kappa shape index (κ3) is 3.39. The maximum atomic E-state index is 13.3. The minimum absolute atomic E-state index is 0.411. The zero-order chi connectivity index (χ0) is 14.0. The molecule has 0 bridgehead atoms. The Hall–Kier alpha value is -1.26. The van der Waals surface area contributed by atoms with Crippen LogP contribution in [-0.2, 0) is 4.57 Å². The fraction of sp³-hybridized carbons (Fsp3) is 0.167. The number of anilines is 2. The average Bonchev–Trinajstić information content (AvgIpc) is 2.33. The van der Waals surface area contributed by atoms with Crippen LogP contribution >= 0.6 is 23.1 Å². The van der Waals surface area contributed by atoms with Gasteiger partial charge >= 0.3 is 0 Å². The molecule has 0 aliphatic heterocycles. The van der Waals surface area contributed by atoms with Crippen LogP contribution in [0.1, 0.15) is 0 Å². The molecule has 1 heterocycles. The smallest absolute Gasteiger partial charge is 0.148 e. The van der Waals surface area contributed by atoms with Crippen LogP contribution in [0.4, 0.5) is 15.9 Å². The Labute approximate surface area is 119 Å². The van der Waals surface area contributed by atoms with Crippen molar-refractivity contribution in [1.29, 1.82) is 0 Å². The summed E-state index contributed by atoms with van der Waals surface area (Å²) < 4.78 is 26.2. The molecule has 0 fully saturated rings. The minimum atomic E-state index is -2.60. The maximum absolute atomic E-state index is 13.3. The van der Waals surface area contributed by atoms with Gasteiger partial charge in [-0.25, -0.2) is 14.4 Å². The Morgan fingerprint density at radius 3 is 2.74 bits per heavy atom. The van der Waals surface area contributed by atoms with Crippen LogP contribution in [0.5, 0.6) is 0 Å². The topological polar surface area (TPSA) is 54.9 Å². The molecule has 0 amide bonds. The highest BCUT2D eigenvalue weighted by atomic mass is 79.9. The first-order valence-corrected chi connectivity index (χ1v) is 8.85. The van der Waals surface area contributed by atoms with Gasteiger partial charge in [-0.2, -0.15) is 0 Å². The van der Waals surface area contributed by atoms with E-state index in [1.807, 2.05) is 0 Å². The van der Waals surface area contributed by atoms with Crippen LogP contribution in [0, 0.1) is 5.82 Å². The van der Waals surface area contributed by atoms with Crippen molar-refractivity contribution in [1.82, 2.24) is 9.97 Å². The largest absolute Gasteiger partial charge is 0.339 e. The van der Waals surface area contributed by atoms with Crippen LogP contribution in [0.15, 0.2) is 35.2 Å². The highest BCUT2D eigenvalue weighted by Crippen LogP contribution is 2.38. The molecule has 1 aromatic heterocycles. The lowest BCUT2D eigenvalue weighted by molar-refractivity contribution is 0.587. The first kappa shape index (κ1) is 14.2. The molecule has 0 aliphatic rings. The molecule has 0 atom stereocenters. The molecule has 0 saturated heterocycles. The van der Waals surface area contributed by atoms with Gasteiger partial charge in [-0.15, -0.1) is 0 Å². The summed E-state index contributed by atoms with van der Waals surface area (Å²) in [7, 11) is -2.60. The fourth-order valence-electron chi connectivity index (χ4n) is 1.59. The van der Waals surface area contributed by atoms with E-state index in [9.17, 15) is 8.96 Å². The van der Waals surface area contributed by atoms with E-state index in [2.05, 4.69) is 31.2 Å². The Morgan fingerprint density at radius 1 is 1.37 bits per heavy atom. The van der Waals surface area contributed by atoms with Crippen LogP contribution in [-0.4, -0.2) is 23.3 Å². The molecule has 2 aromatic rings. The van der Waals surface area contributed by atoms with Crippen molar-refractivity contribution in [2.45, 2.75) is 0 Å². The van der Waals surface area contributed by atoms with Crippen LogP contribution < -0.4 is 10.6 Å². The van der Waals surface area contributed by atoms with Gasteiger partial charge in [0.15, 0.2) is 0 Å². The van der Waals surface area contributed by atoms with Crippen molar-refractivity contribution >= 4 is 39.9 Å². The molecular formula is C12H12BrFN3OP. The second-order valence-corrected chi connectivity index (χ2v) is 8.39. The summed E-state index contributed by atoms with van der Waals surface area (Å²) in [5.41, 5.74) is 0.578. The standard InChI is InChI=1S/C12H12BrFN3OP/c1-19(2,18)11-5-8(14)3-4-10(11)17-12-9(13)6-15-7-16-12/h3-7H,1-2H3,(H,15,16,17). The predicted molar refractivity (Wildman–Crippen MR) is 78.5 cm³/mol. The van der Waals surface area contributed by atoms with E-state index in [4.69, 9.17) is 0 Å². The van der Waals surface area contributed by atoms with E-state index in [0.717, 1.165) is 0 Å². The Kier molecular flexibility index (Phi) is 4.02. The van der Waals surface area contributed by atoms with Gasteiger partial charge in [0.2, 0.25) is 0 Å². The Balaban J connectivity index is 2.47.